The summed E-state index contributed by atoms with van der Waals surface area (Å²) in [6, 6.07) is 4.20. The normalized spacial score (nSPS) is 14.5. The lowest BCUT2D eigenvalue weighted by Crippen LogP contribution is -1.97. The Morgan fingerprint density at radius 3 is 2.85 bits per heavy atom. The molecule has 0 atom stereocenters. The van der Waals surface area contributed by atoms with Gasteiger partial charge in [-0.15, -0.1) is 11.3 Å². The minimum Gasteiger partial charge on any atom is -0.477 e. The van der Waals surface area contributed by atoms with E-state index in [1.807, 2.05) is 0 Å². The fraction of sp³-hybridized carbons (Fsp3) is 0.286. The highest BCUT2D eigenvalue weighted by Crippen LogP contribution is 2.43. The summed E-state index contributed by atoms with van der Waals surface area (Å²) in [4.78, 5) is 16.0. The van der Waals surface area contributed by atoms with Crippen LogP contribution in [0.25, 0.3) is 0 Å². The molecule has 104 valence electrons. The van der Waals surface area contributed by atoms with E-state index in [0.29, 0.717) is 27.0 Å². The molecule has 1 aromatic heterocycles. The number of rotatable bonds is 4. The molecule has 1 aliphatic rings. The molecule has 0 saturated heterocycles. The average Bonchev–Trinajstić information content (AvgIpc) is 3.14. The Morgan fingerprint density at radius 1 is 1.50 bits per heavy atom. The van der Waals surface area contributed by atoms with Crippen molar-refractivity contribution in [2.75, 3.05) is 0 Å². The van der Waals surface area contributed by atoms with E-state index >= 15 is 0 Å². The van der Waals surface area contributed by atoms with Crippen LogP contribution in [0.1, 0.15) is 44.7 Å². The highest BCUT2D eigenvalue weighted by Gasteiger charge is 2.32. The summed E-state index contributed by atoms with van der Waals surface area (Å²) in [5.74, 6) is -1.03. The first-order chi connectivity index (χ1) is 9.54. The fourth-order valence-corrected chi connectivity index (χ4v) is 3.31. The van der Waals surface area contributed by atoms with Gasteiger partial charge in [0.15, 0.2) is 0 Å². The van der Waals surface area contributed by atoms with E-state index in [-0.39, 0.29) is 11.7 Å². The highest BCUT2D eigenvalue weighted by atomic mass is 35.5. The quantitative estimate of drug-likeness (QED) is 0.924. The largest absolute Gasteiger partial charge is 0.477 e. The molecule has 1 heterocycles. The first-order valence-electron chi connectivity index (χ1n) is 6.21. The molecule has 3 rings (SSSR count). The van der Waals surface area contributed by atoms with Gasteiger partial charge in [0.25, 0.3) is 0 Å². The van der Waals surface area contributed by atoms with Crippen molar-refractivity contribution < 1.29 is 14.3 Å². The maximum atomic E-state index is 13.0. The van der Waals surface area contributed by atoms with Crippen molar-refractivity contribution in [1.29, 1.82) is 0 Å². The zero-order chi connectivity index (χ0) is 14.3. The lowest BCUT2D eigenvalue weighted by molar-refractivity contribution is 0.0700. The molecule has 0 spiro atoms. The lowest BCUT2D eigenvalue weighted by Gasteiger charge is -2.01. The average molecular weight is 312 g/mol. The maximum absolute atomic E-state index is 13.0. The third-order valence-electron chi connectivity index (χ3n) is 3.21. The van der Waals surface area contributed by atoms with Gasteiger partial charge in [-0.3, -0.25) is 0 Å². The molecule has 1 fully saturated rings. The molecule has 1 N–H and O–H groups in total. The summed E-state index contributed by atoms with van der Waals surface area (Å²) < 4.78 is 13.0. The molecule has 1 saturated carbocycles. The molecular formula is C14H11ClFNO2S. The van der Waals surface area contributed by atoms with Crippen LogP contribution in [-0.2, 0) is 6.42 Å². The minimum absolute atomic E-state index is 0.287. The SMILES string of the molecule is O=C(O)c1sc(Cc2ccc(F)cc2Cl)nc1C1CC1. The molecule has 0 unspecified atom stereocenters. The Kier molecular flexibility index (Phi) is 3.48. The van der Waals surface area contributed by atoms with E-state index in [0.717, 1.165) is 18.4 Å². The van der Waals surface area contributed by atoms with Crippen molar-refractivity contribution in [1.82, 2.24) is 4.98 Å². The standard InChI is InChI=1S/C14H11ClFNO2S/c15-10-6-9(16)4-3-8(10)5-11-17-12(7-1-2-7)13(20-11)14(18)19/h3-4,6-7H,1-2,5H2,(H,18,19). The van der Waals surface area contributed by atoms with Crippen molar-refractivity contribution in [2.45, 2.75) is 25.2 Å². The molecule has 0 radical (unpaired) electrons. The summed E-state index contributed by atoms with van der Waals surface area (Å²) in [5.41, 5.74) is 1.44. The van der Waals surface area contributed by atoms with Crippen LogP contribution in [-0.4, -0.2) is 16.1 Å². The van der Waals surface area contributed by atoms with Crippen LogP contribution in [0.4, 0.5) is 4.39 Å². The molecule has 2 aromatic rings. The molecule has 1 aromatic carbocycles. The molecule has 0 amide bonds. The van der Waals surface area contributed by atoms with Crippen LogP contribution in [0.15, 0.2) is 18.2 Å². The van der Waals surface area contributed by atoms with Crippen molar-refractivity contribution in [2.24, 2.45) is 0 Å². The molecule has 6 heteroatoms. The highest BCUT2D eigenvalue weighted by molar-refractivity contribution is 7.13. The van der Waals surface area contributed by atoms with Crippen LogP contribution >= 0.6 is 22.9 Å². The maximum Gasteiger partial charge on any atom is 0.347 e. The number of carbonyl (C=O) groups is 1. The zero-order valence-corrected chi connectivity index (χ0v) is 12.0. The van der Waals surface area contributed by atoms with Gasteiger partial charge in [0.1, 0.15) is 10.7 Å². The monoisotopic (exact) mass is 311 g/mol. The number of thiazole rings is 1. The molecule has 1 aliphatic carbocycles. The van der Waals surface area contributed by atoms with E-state index in [4.69, 9.17) is 11.6 Å². The van der Waals surface area contributed by atoms with Crippen LogP contribution in [0.2, 0.25) is 5.02 Å². The molecular weight excluding hydrogens is 301 g/mol. The Hall–Kier alpha value is -1.46. The number of hydrogen-bond donors (Lipinski definition) is 1. The smallest absolute Gasteiger partial charge is 0.347 e. The second kappa shape index (κ2) is 5.14. The topological polar surface area (TPSA) is 50.2 Å². The number of carboxylic acid groups (broad SMARTS) is 1. The van der Waals surface area contributed by atoms with Crippen molar-refractivity contribution in [3.63, 3.8) is 0 Å². The van der Waals surface area contributed by atoms with Gasteiger partial charge in [-0.25, -0.2) is 14.2 Å². The van der Waals surface area contributed by atoms with Crippen LogP contribution < -0.4 is 0 Å². The third-order valence-corrected chi connectivity index (χ3v) is 4.62. The summed E-state index contributed by atoms with van der Waals surface area (Å²) in [7, 11) is 0. The first kappa shape index (κ1) is 13.5. The first-order valence-corrected chi connectivity index (χ1v) is 7.41. The minimum atomic E-state index is -0.930. The van der Waals surface area contributed by atoms with Gasteiger partial charge in [-0.05, 0) is 30.5 Å². The Morgan fingerprint density at radius 2 is 2.25 bits per heavy atom. The van der Waals surface area contributed by atoms with Crippen molar-refractivity contribution >= 4 is 28.9 Å². The summed E-state index contributed by atoms with van der Waals surface area (Å²) in [6.07, 6.45) is 2.43. The number of halogens is 2. The van der Waals surface area contributed by atoms with Gasteiger partial charge in [0, 0.05) is 17.4 Å². The number of carboxylic acids is 1. The summed E-state index contributed by atoms with van der Waals surface area (Å²) in [5, 5.41) is 10.3. The predicted molar refractivity (Wildman–Crippen MR) is 75.3 cm³/mol. The Labute approximate surface area is 124 Å². The Balaban J connectivity index is 1.90. The molecule has 20 heavy (non-hydrogen) atoms. The van der Waals surface area contributed by atoms with Gasteiger partial charge in [-0.2, -0.15) is 0 Å². The van der Waals surface area contributed by atoms with E-state index in [1.54, 1.807) is 6.07 Å². The summed E-state index contributed by atoms with van der Waals surface area (Å²) >= 11 is 7.16. The van der Waals surface area contributed by atoms with Crippen molar-refractivity contribution in [3.05, 3.63) is 50.2 Å². The van der Waals surface area contributed by atoms with Gasteiger partial charge in [0.05, 0.1) is 10.7 Å². The third kappa shape index (κ3) is 2.69. The molecule has 3 nitrogen and oxygen atoms in total. The zero-order valence-electron chi connectivity index (χ0n) is 10.4. The van der Waals surface area contributed by atoms with E-state index in [2.05, 4.69) is 4.98 Å². The van der Waals surface area contributed by atoms with Gasteiger partial charge < -0.3 is 5.11 Å². The fourth-order valence-electron chi connectivity index (χ4n) is 2.07. The summed E-state index contributed by atoms with van der Waals surface area (Å²) in [6.45, 7) is 0. The van der Waals surface area contributed by atoms with E-state index < -0.39 is 5.97 Å². The predicted octanol–water partition coefficient (Wildman–Crippen LogP) is 4.10. The van der Waals surface area contributed by atoms with Crippen LogP contribution in [0.3, 0.4) is 0 Å². The number of aromatic carboxylic acids is 1. The van der Waals surface area contributed by atoms with E-state index in [9.17, 15) is 14.3 Å². The Bertz CT molecular complexity index is 682. The number of aromatic nitrogens is 1. The second-order valence-electron chi connectivity index (χ2n) is 4.81. The van der Waals surface area contributed by atoms with Gasteiger partial charge in [-0.1, -0.05) is 17.7 Å². The van der Waals surface area contributed by atoms with Gasteiger partial charge >= 0.3 is 5.97 Å². The second-order valence-corrected chi connectivity index (χ2v) is 6.30. The van der Waals surface area contributed by atoms with Crippen molar-refractivity contribution in [3.8, 4) is 0 Å². The lowest BCUT2D eigenvalue weighted by atomic mass is 10.1. The molecule has 0 bridgehead atoms. The van der Waals surface area contributed by atoms with Crippen LogP contribution in [0.5, 0.6) is 0 Å². The number of hydrogen-bond acceptors (Lipinski definition) is 3. The number of benzene rings is 1. The number of nitrogens with zero attached hydrogens (tertiary/aromatic N) is 1. The van der Waals surface area contributed by atoms with E-state index in [1.165, 1.54) is 23.5 Å². The van der Waals surface area contributed by atoms with Gasteiger partial charge in [0.2, 0.25) is 0 Å². The van der Waals surface area contributed by atoms with Crippen LogP contribution in [0, 0.1) is 5.82 Å². The molecule has 0 aliphatic heterocycles.